The van der Waals surface area contributed by atoms with Crippen molar-refractivity contribution < 1.29 is 9.47 Å². The maximum atomic E-state index is 5.73. The van der Waals surface area contributed by atoms with Crippen molar-refractivity contribution in [3.63, 3.8) is 0 Å². The number of imidazole rings is 1. The van der Waals surface area contributed by atoms with Crippen molar-refractivity contribution in [2.45, 2.75) is 19.2 Å². The first-order valence-corrected chi connectivity index (χ1v) is 8.09. The van der Waals surface area contributed by atoms with E-state index in [9.17, 15) is 0 Å². The van der Waals surface area contributed by atoms with Gasteiger partial charge in [-0.15, -0.1) is 0 Å². The third-order valence-corrected chi connectivity index (χ3v) is 4.31. The van der Waals surface area contributed by atoms with Gasteiger partial charge in [0.05, 0.1) is 30.8 Å². The number of rotatable bonds is 5. The van der Waals surface area contributed by atoms with Gasteiger partial charge in [0.2, 0.25) is 5.88 Å². The molecule has 24 heavy (non-hydrogen) atoms. The summed E-state index contributed by atoms with van der Waals surface area (Å²) in [5.74, 6) is 1.66. The van der Waals surface area contributed by atoms with Gasteiger partial charge in [0.1, 0.15) is 12.4 Å². The molecule has 124 valence electrons. The fraction of sp³-hybridized carbons (Fsp3) is 0.333. The van der Waals surface area contributed by atoms with Crippen molar-refractivity contribution in [1.29, 1.82) is 0 Å². The Morgan fingerprint density at radius 2 is 2.21 bits per heavy atom. The van der Waals surface area contributed by atoms with Gasteiger partial charge in [0.25, 0.3) is 0 Å². The highest BCUT2D eigenvalue weighted by Crippen LogP contribution is 2.25. The average molecular weight is 324 g/mol. The molecule has 0 saturated heterocycles. The molecule has 0 amide bonds. The Labute approximate surface area is 140 Å². The summed E-state index contributed by atoms with van der Waals surface area (Å²) in [6.45, 7) is 2.76. The minimum atomic E-state index is 0.226. The van der Waals surface area contributed by atoms with Crippen molar-refractivity contribution in [2.24, 2.45) is 0 Å². The van der Waals surface area contributed by atoms with E-state index in [0.29, 0.717) is 25.6 Å². The summed E-state index contributed by atoms with van der Waals surface area (Å²) in [6.07, 6.45) is 1.74. The molecule has 0 spiro atoms. The van der Waals surface area contributed by atoms with Gasteiger partial charge >= 0.3 is 0 Å². The summed E-state index contributed by atoms with van der Waals surface area (Å²) in [6, 6.07) is 12.4. The van der Waals surface area contributed by atoms with Crippen molar-refractivity contribution in [3.05, 3.63) is 54.0 Å². The molecular formula is C18H20N4O2. The predicted octanol–water partition coefficient (Wildman–Crippen LogP) is 2.30. The molecule has 3 heterocycles. The van der Waals surface area contributed by atoms with Crippen LogP contribution in [0.15, 0.2) is 42.6 Å². The van der Waals surface area contributed by atoms with E-state index in [2.05, 4.69) is 32.0 Å². The van der Waals surface area contributed by atoms with Crippen molar-refractivity contribution in [3.8, 4) is 5.88 Å². The summed E-state index contributed by atoms with van der Waals surface area (Å²) in [7, 11) is 1.64. The van der Waals surface area contributed by atoms with Gasteiger partial charge in [0, 0.05) is 24.8 Å². The van der Waals surface area contributed by atoms with E-state index in [4.69, 9.17) is 9.47 Å². The minimum absolute atomic E-state index is 0.226. The van der Waals surface area contributed by atoms with Gasteiger partial charge < -0.3 is 19.4 Å². The molecule has 1 aliphatic heterocycles. The monoisotopic (exact) mass is 324 g/mol. The van der Waals surface area contributed by atoms with Gasteiger partial charge in [0.15, 0.2) is 0 Å². The van der Waals surface area contributed by atoms with Crippen LogP contribution in [0.1, 0.15) is 17.4 Å². The molecule has 6 heteroatoms. The van der Waals surface area contributed by atoms with Crippen LogP contribution >= 0.6 is 0 Å². The Morgan fingerprint density at radius 3 is 3.12 bits per heavy atom. The summed E-state index contributed by atoms with van der Waals surface area (Å²) < 4.78 is 13.3. The molecule has 1 unspecified atom stereocenters. The molecule has 0 radical (unpaired) electrons. The molecule has 4 rings (SSSR count). The largest absolute Gasteiger partial charge is 0.481 e. The zero-order valence-corrected chi connectivity index (χ0v) is 13.6. The Balaban J connectivity index is 1.51. The SMILES string of the molecule is COc1ncccc1CNCC1COCc2nc3ccccc3n21. The van der Waals surface area contributed by atoms with Crippen molar-refractivity contribution >= 4 is 11.0 Å². The minimum Gasteiger partial charge on any atom is -0.481 e. The molecule has 1 N–H and O–H groups in total. The Kier molecular flexibility index (Phi) is 4.15. The first kappa shape index (κ1) is 15.1. The van der Waals surface area contributed by atoms with E-state index < -0.39 is 0 Å². The van der Waals surface area contributed by atoms with Crippen LogP contribution in [0.3, 0.4) is 0 Å². The summed E-state index contributed by atoms with van der Waals surface area (Å²) in [5, 5.41) is 3.49. The second-order valence-corrected chi connectivity index (χ2v) is 5.86. The van der Waals surface area contributed by atoms with Crippen LogP contribution in [-0.2, 0) is 17.9 Å². The quantitative estimate of drug-likeness (QED) is 0.780. The molecule has 1 aromatic carbocycles. The number of hydrogen-bond donors (Lipinski definition) is 1. The molecule has 0 aliphatic carbocycles. The molecule has 0 fully saturated rings. The van der Waals surface area contributed by atoms with Gasteiger partial charge in [-0.25, -0.2) is 9.97 Å². The number of nitrogens with zero attached hydrogens (tertiary/aromatic N) is 3. The number of fused-ring (bicyclic) bond motifs is 3. The van der Waals surface area contributed by atoms with Crippen LogP contribution in [0.4, 0.5) is 0 Å². The number of para-hydroxylation sites is 2. The number of nitrogens with one attached hydrogen (secondary N) is 1. The molecule has 0 bridgehead atoms. The fourth-order valence-electron chi connectivity index (χ4n) is 3.23. The second-order valence-electron chi connectivity index (χ2n) is 5.86. The van der Waals surface area contributed by atoms with Crippen molar-refractivity contribution in [2.75, 3.05) is 20.3 Å². The van der Waals surface area contributed by atoms with Gasteiger partial charge in [-0.3, -0.25) is 0 Å². The van der Waals surface area contributed by atoms with Crippen LogP contribution < -0.4 is 10.1 Å². The highest BCUT2D eigenvalue weighted by atomic mass is 16.5. The van der Waals surface area contributed by atoms with Crippen LogP contribution in [-0.4, -0.2) is 34.8 Å². The highest BCUT2D eigenvalue weighted by Gasteiger charge is 2.23. The normalized spacial score (nSPS) is 17.0. The Hall–Kier alpha value is -2.44. The van der Waals surface area contributed by atoms with Gasteiger partial charge in [-0.1, -0.05) is 18.2 Å². The first-order chi connectivity index (χ1) is 11.9. The fourth-order valence-corrected chi connectivity index (χ4v) is 3.23. The van der Waals surface area contributed by atoms with Crippen LogP contribution in [0, 0.1) is 0 Å². The van der Waals surface area contributed by atoms with Crippen LogP contribution in [0.2, 0.25) is 0 Å². The standard InChI is InChI=1S/C18H20N4O2/c1-23-18-13(5-4-8-20-18)9-19-10-14-11-24-12-17-21-15-6-2-3-7-16(15)22(14)17/h2-8,14,19H,9-12H2,1H3. The lowest BCUT2D eigenvalue weighted by molar-refractivity contribution is 0.0564. The molecular weight excluding hydrogens is 304 g/mol. The number of ether oxygens (including phenoxy) is 2. The Bertz CT molecular complexity index is 846. The van der Waals surface area contributed by atoms with E-state index in [-0.39, 0.29) is 6.04 Å². The third kappa shape index (κ3) is 2.74. The van der Waals surface area contributed by atoms with Gasteiger partial charge in [-0.05, 0) is 18.2 Å². The summed E-state index contributed by atoms with van der Waals surface area (Å²) in [5.41, 5.74) is 3.24. The van der Waals surface area contributed by atoms with E-state index in [0.717, 1.165) is 23.4 Å². The number of aromatic nitrogens is 3. The summed E-state index contributed by atoms with van der Waals surface area (Å²) >= 11 is 0. The second kappa shape index (κ2) is 6.59. The molecule has 1 atom stereocenters. The van der Waals surface area contributed by atoms with Crippen LogP contribution in [0.5, 0.6) is 5.88 Å². The number of methoxy groups -OCH3 is 1. The van der Waals surface area contributed by atoms with Gasteiger partial charge in [-0.2, -0.15) is 0 Å². The molecule has 1 aliphatic rings. The maximum Gasteiger partial charge on any atom is 0.217 e. The topological polar surface area (TPSA) is 61.2 Å². The van der Waals surface area contributed by atoms with E-state index in [1.165, 1.54) is 5.52 Å². The Morgan fingerprint density at radius 1 is 1.29 bits per heavy atom. The smallest absolute Gasteiger partial charge is 0.217 e. The van der Waals surface area contributed by atoms with Crippen LogP contribution in [0.25, 0.3) is 11.0 Å². The van der Waals surface area contributed by atoms with E-state index >= 15 is 0 Å². The molecule has 2 aromatic heterocycles. The molecule has 3 aromatic rings. The zero-order chi connectivity index (χ0) is 16.4. The summed E-state index contributed by atoms with van der Waals surface area (Å²) in [4.78, 5) is 8.91. The van der Waals surface area contributed by atoms with Crippen molar-refractivity contribution in [1.82, 2.24) is 19.9 Å². The number of benzene rings is 1. The third-order valence-electron chi connectivity index (χ3n) is 4.31. The number of hydrogen-bond acceptors (Lipinski definition) is 5. The van der Waals surface area contributed by atoms with E-state index in [1.54, 1.807) is 13.3 Å². The van der Waals surface area contributed by atoms with E-state index in [1.807, 2.05) is 24.3 Å². The highest BCUT2D eigenvalue weighted by molar-refractivity contribution is 5.76. The maximum absolute atomic E-state index is 5.73. The predicted molar refractivity (Wildman–Crippen MR) is 90.9 cm³/mol. The average Bonchev–Trinajstić information content (AvgIpc) is 3.01. The lowest BCUT2D eigenvalue weighted by Gasteiger charge is -2.26. The zero-order valence-electron chi connectivity index (χ0n) is 13.6. The molecule has 6 nitrogen and oxygen atoms in total. The lowest BCUT2D eigenvalue weighted by atomic mass is 10.2. The first-order valence-electron chi connectivity index (χ1n) is 8.09. The molecule has 0 saturated carbocycles. The lowest BCUT2D eigenvalue weighted by Crippen LogP contribution is -2.32. The number of pyridine rings is 1.